The van der Waals surface area contributed by atoms with E-state index in [1.165, 1.54) is 23.4 Å². The first-order chi connectivity index (χ1) is 12.6. The van der Waals surface area contributed by atoms with Crippen molar-refractivity contribution in [1.29, 1.82) is 0 Å². The van der Waals surface area contributed by atoms with E-state index >= 15 is 0 Å². The first-order valence-corrected chi connectivity index (χ1v) is 9.74. The fourth-order valence-electron chi connectivity index (χ4n) is 4.18. The maximum absolute atomic E-state index is 4.81. The average molecular weight is 391 g/mol. The van der Waals surface area contributed by atoms with Crippen molar-refractivity contribution in [2.75, 3.05) is 44.2 Å². The van der Waals surface area contributed by atoms with Crippen LogP contribution in [0.4, 0.5) is 5.69 Å². The number of rotatable bonds is 4. The van der Waals surface area contributed by atoms with E-state index in [1.54, 1.807) is 0 Å². The van der Waals surface area contributed by atoms with Gasteiger partial charge in [0.1, 0.15) is 0 Å². The van der Waals surface area contributed by atoms with Gasteiger partial charge in [-0.25, -0.2) is 0 Å². The second-order valence-electron chi connectivity index (χ2n) is 7.76. The quantitative estimate of drug-likeness (QED) is 0.867. The van der Waals surface area contributed by atoms with E-state index in [0.29, 0.717) is 5.92 Å². The molecule has 4 heterocycles. The lowest BCUT2D eigenvalue weighted by Gasteiger charge is -2.36. The van der Waals surface area contributed by atoms with Crippen LogP contribution in [0.5, 0.6) is 0 Å². The zero-order chi connectivity index (χ0) is 18.1. The van der Waals surface area contributed by atoms with Crippen LogP contribution in [-0.4, -0.2) is 58.9 Å². The van der Waals surface area contributed by atoms with Gasteiger partial charge >= 0.3 is 0 Å². The van der Waals surface area contributed by atoms with Gasteiger partial charge < -0.3 is 10.2 Å². The maximum Gasteiger partial charge on any atom is 0.0638 e. The Morgan fingerprint density at radius 1 is 1.15 bits per heavy atom. The summed E-state index contributed by atoms with van der Waals surface area (Å²) in [7, 11) is 2.00. The van der Waals surface area contributed by atoms with Gasteiger partial charge in [0.2, 0.25) is 0 Å². The van der Waals surface area contributed by atoms with E-state index in [9.17, 15) is 0 Å². The summed E-state index contributed by atoms with van der Waals surface area (Å²) >= 11 is 0. The zero-order valence-corrected chi connectivity index (χ0v) is 17.4. The van der Waals surface area contributed by atoms with Crippen LogP contribution in [-0.2, 0) is 13.6 Å². The smallest absolute Gasteiger partial charge is 0.0638 e. The van der Waals surface area contributed by atoms with E-state index in [-0.39, 0.29) is 12.4 Å². The highest BCUT2D eigenvalue weighted by molar-refractivity contribution is 5.85. The number of anilines is 1. The maximum atomic E-state index is 4.81. The monoisotopic (exact) mass is 390 g/mol. The molecule has 2 aromatic rings. The van der Waals surface area contributed by atoms with Crippen molar-refractivity contribution in [3.63, 3.8) is 0 Å². The van der Waals surface area contributed by atoms with E-state index in [2.05, 4.69) is 52.4 Å². The van der Waals surface area contributed by atoms with Crippen LogP contribution in [0.3, 0.4) is 0 Å². The van der Waals surface area contributed by atoms with Crippen LogP contribution >= 0.6 is 12.4 Å². The fourth-order valence-corrected chi connectivity index (χ4v) is 4.18. The molecule has 1 N–H and O–H groups in total. The highest BCUT2D eigenvalue weighted by Gasteiger charge is 2.22. The molecular formula is C20H31ClN6. The molecule has 1 atom stereocenters. The molecule has 4 rings (SSSR count). The predicted molar refractivity (Wildman–Crippen MR) is 112 cm³/mol. The van der Waals surface area contributed by atoms with Crippen LogP contribution in [0, 0.1) is 13.8 Å². The van der Waals surface area contributed by atoms with Gasteiger partial charge in [0.05, 0.1) is 5.69 Å². The minimum Gasteiger partial charge on any atom is -0.369 e. The Kier molecular flexibility index (Phi) is 6.40. The Labute approximate surface area is 168 Å². The predicted octanol–water partition coefficient (Wildman–Crippen LogP) is 2.25. The van der Waals surface area contributed by atoms with Gasteiger partial charge in [0, 0.05) is 81.1 Å². The summed E-state index contributed by atoms with van der Waals surface area (Å²) in [5.74, 6) is 0.573. The van der Waals surface area contributed by atoms with Gasteiger partial charge in [-0.15, -0.1) is 12.4 Å². The molecule has 0 spiro atoms. The number of nitrogens with one attached hydrogen (secondary N) is 1. The van der Waals surface area contributed by atoms with Crippen LogP contribution in [0.15, 0.2) is 18.3 Å². The summed E-state index contributed by atoms with van der Waals surface area (Å²) in [5, 5.41) is 7.92. The van der Waals surface area contributed by atoms with Crippen LogP contribution in [0.1, 0.15) is 35.0 Å². The number of pyridine rings is 1. The molecule has 7 heteroatoms. The highest BCUT2D eigenvalue weighted by Crippen LogP contribution is 2.26. The minimum atomic E-state index is 0. The molecule has 2 saturated heterocycles. The van der Waals surface area contributed by atoms with E-state index in [0.717, 1.165) is 57.2 Å². The molecule has 2 aliphatic heterocycles. The Morgan fingerprint density at radius 2 is 1.93 bits per heavy atom. The molecule has 2 aliphatic rings. The zero-order valence-electron chi connectivity index (χ0n) is 16.6. The Bertz CT molecular complexity index is 760. The largest absolute Gasteiger partial charge is 0.369 e. The third-order valence-electron chi connectivity index (χ3n) is 5.68. The average Bonchev–Trinajstić information content (AvgIpc) is 3.25. The molecule has 6 nitrogen and oxygen atoms in total. The third-order valence-corrected chi connectivity index (χ3v) is 5.68. The van der Waals surface area contributed by atoms with Gasteiger partial charge in [-0.05, 0) is 38.9 Å². The fraction of sp³-hybridized carbons (Fsp3) is 0.600. The minimum absolute atomic E-state index is 0. The highest BCUT2D eigenvalue weighted by atomic mass is 35.5. The van der Waals surface area contributed by atoms with Gasteiger partial charge in [0.25, 0.3) is 0 Å². The van der Waals surface area contributed by atoms with Crippen LogP contribution in [0.2, 0.25) is 0 Å². The number of nitrogens with zero attached hydrogens (tertiary/aromatic N) is 5. The molecule has 0 bridgehead atoms. The second-order valence-corrected chi connectivity index (χ2v) is 7.76. The van der Waals surface area contributed by atoms with Crippen molar-refractivity contribution >= 4 is 18.1 Å². The number of hydrogen-bond donors (Lipinski definition) is 1. The molecule has 1 unspecified atom stereocenters. The number of hydrogen-bond acceptors (Lipinski definition) is 5. The molecule has 0 aliphatic carbocycles. The van der Waals surface area contributed by atoms with E-state index in [1.807, 2.05) is 11.7 Å². The van der Waals surface area contributed by atoms with Gasteiger partial charge in [-0.1, -0.05) is 0 Å². The summed E-state index contributed by atoms with van der Waals surface area (Å²) in [5.41, 5.74) is 6.24. The molecule has 2 aromatic heterocycles. The Balaban J connectivity index is 0.00000210. The Morgan fingerprint density at radius 3 is 2.56 bits per heavy atom. The van der Waals surface area contributed by atoms with Crippen molar-refractivity contribution in [3.05, 3.63) is 41.0 Å². The number of halogens is 1. The normalized spacial score (nSPS) is 20.7. The van der Waals surface area contributed by atoms with Crippen molar-refractivity contribution in [2.45, 2.75) is 32.7 Å². The van der Waals surface area contributed by atoms with Crippen molar-refractivity contribution in [3.8, 4) is 0 Å². The number of piperazine rings is 1. The summed E-state index contributed by atoms with van der Waals surface area (Å²) in [4.78, 5) is 9.87. The molecule has 0 amide bonds. The van der Waals surface area contributed by atoms with Crippen LogP contribution in [0.25, 0.3) is 0 Å². The summed E-state index contributed by atoms with van der Waals surface area (Å²) in [6.45, 7) is 11.7. The van der Waals surface area contributed by atoms with Crippen molar-refractivity contribution in [2.24, 2.45) is 7.05 Å². The summed E-state index contributed by atoms with van der Waals surface area (Å²) < 4.78 is 1.92. The summed E-state index contributed by atoms with van der Waals surface area (Å²) in [6.07, 6.45) is 3.35. The molecule has 2 fully saturated rings. The van der Waals surface area contributed by atoms with Gasteiger partial charge in [0.15, 0.2) is 0 Å². The van der Waals surface area contributed by atoms with Crippen molar-refractivity contribution < 1.29 is 0 Å². The molecule has 27 heavy (non-hydrogen) atoms. The van der Waals surface area contributed by atoms with E-state index in [4.69, 9.17) is 4.98 Å². The topological polar surface area (TPSA) is 49.2 Å². The lowest BCUT2D eigenvalue weighted by molar-refractivity contribution is 0.249. The van der Waals surface area contributed by atoms with E-state index < -0.39 is 0 Å². The lowest BCUT2D eigenvalue weighted by Crippen LogP contribution is -2.46. The SMILES string of the molecule is Cc1cc(N2CCN(Cc3cn(C)nc3C)CC2)cc(C2CCNC2)n1.Cl. The number of aromatic nitrogens is 3. The summed E-state index contributed by atoms with van der Waals surface area (Å²) in [6, 6.07) is 4.57. The first kappa shape index (κ1) is 20.1. The van der Waals surface area contributed by atoms with Crippen molar-refractivity contribution in [1.82, 2.24) is 25.0 Å². The standard InChI is InChI=1S/C20H30N6.ClH/c1-15-10-19(11-20(22-15)17-4-5-21-12-17)26-8-6-25(7-9-26)14-18-13-24(3)23-16(18)2;/h10-11,13,17,21H,4-9,12,14H2,1-3H3;1H. The molecule has 0 saturated carbocycles. The number of aryl methyl sites for hydroxylation is 3. The molecular weight excluding hydrogens is 360 g/mol. The molecule has 0 radical (unpaired) electrons. The van der Waals surface area contributed by atoms with Crippen LogP contribution < -0.4 is 10.2 Å². The second kappa shape index (κ2) is 8.59. The molecule has 148 valence electrons. The van der Waals surface area contributed by atoms with Gasteiger partial charge in [-0.2, -0.15) is 5.10 Å². The lowest BCUT2D eigenvalue weighted by atomic mass is 10.0. The first-order valence-electron chi connectivity index (χ1n) is 9.74. The van der Waals surface area contributed by atoms with Gasteiger partial charge in [-0.3, -0.25) is 14.6 Å². The Hall–Kier alpha value is -1.63. The molecule has 0 aromatic carbocycles. The third kappa shape index (κ3) is 4.62.